The summed E-state index contributed by atoms with van der Waals surface area (Å²) in [5.41, 5.74) is 15.1. The number of nitrogens with zero attached hydrogens (tertiary/aromatic N) is 2. The van der Waals surface area contributed by atoms with Gasteiger partial charge in [-0.15, -0.1) is 0 Å². The monoisotopic (exact) mass is 387 g/mol. The average molecular weight is 387 g/mol. The van der Waals surface area contributed by atoms with Gasteiger partial charge < -0.3 is 19.8 Å². The van der Waals surface area contributed by atoms with Crippen molar-refractivity contribution in [3.05, 3.63) is 74.3 Å². The molecule has 6 nitrogen and oxygen atoms in total. The summed E-state index contributed by atoms with van der Waals surface area (Å²) in [4.78, 5) is 18.3. The van der Waals surface area contributed by atoms with E-state index < -0.39 is 0 Å². The van der Waals surface area contributed by atoms with E-state index in [0.717, 1.165) is 44.5 Å². The van der Waals surface area contributed by atoms with Crippen LogP contribution in [-0.2, 0) is 42.4 Å². The van der Waals surface area contributed by atoms with E-state index >= 15 is 0 Å². The molecule has 1 unspecified atom stereocenters. The highest BCUT2D eigenvalue weighted by Crippen LogP contribution is 2.41. The Bertz CT molecular complexity index is 1310. The van der Waals surface area contributed by atoms with Crippen LogP contribution in [0.1, 0.15) is 46.2 Å². The third kappa shape index (κ3) is 2.13. The first kappa shape index (κ1) is 16.9. The molecule has 3 aliphatic heterocycles. The molecular weight excluding hydrogens is 366 g/mol. The summed E-state index contributed by atoms with van der Waals surface area (Å²) in [5.74, 6) is 0.681. The first-order chi connectivity index (χ1) is 14.1. The van der Waals surface area contributed by atoms with Crippen molar-refractivity contribution in [2.75, 3.05) is 0 Å². The largest absolute Gasteiger partial charge is 0.493 e. The van der Waals surface area contributed by atoms with Crippen LogP contribution in [0.4, 0.5) is 0 Å². The number of rotatable bonds is 1. The number of aromatic nitrogens is 2. The van der Waals surface area contributed by atoms with Crippen molar-refractivity contribution in [1.82, 2.24) is 9.55 Å². The van der Waals surface area contributed by atoms with Crippen molar-refractivity contribution in [2.45, 2.75) is 45.8 Å². The average Bonchev–Trinajstić information content (AvgIpc) is 3.34. The van der Waals surface area contributed by atoms with Gasteiger partial charge in [0.15, 0.2) is 0 Å². The van der Waals surface area contributed by atoms with E-state index in [9.17, 15) is 4.79 Å². The molecule has 1 aromatic carbocycles. The molecule has 3 aliphatic rings. The van der Waals surface area contributed by atoms with Crippen molar-refractivity contribution in [2.24, 2.45) is 5.73 Å². The zero-order valence-corrected chi connectivity index (χ0v) is 16.2. The lowest BCUT2D eigenvalue weighted by molar-refractivity contribution is 0.135. The van der Waals surface area contributed by atoms with Gasteiger partial charge >= 0.3 is 0 Å². The van der Waals surface area contributed by atoms with Crippen LogP contribution in [0.15, 0.2) is 35.3 Å². The molecule has 0 fully saturated rings. The molecule has 29 heavy (non-hydrogen) atoms. The first-order valence-electron chi connectivity index (χ1n) is 9.91. The predicted molar refractivity (Wildman–Crippen MR) is 109 cm³/mol. The lowest BCUT2D eigenvalue weighted by atomic mass is 9.92. The molecule has 0 saturated heterocycles. The Hall–Kier alpha value is -2.96. The normalized spacial score (nSPS) is 19.0. The van der Waals surface area contributed by atoms with Gasteiger partial charge in [-0.2, -0.15) is 0 Å². The van der Waals surface area contributed by atoms with E-state index in [1.807, 2.05) is 17.6 Å². The minimum atomic E-state index is -0.0174. The Morgan fingerprint density at radius 3 is 2.93 bits per heavy atom. The second kappa shape index (κ2) is 5.78. The number of hydrogen-bond acceptors (Lipinski definition) is 5. The number of nitrogens with two attached hydrogens (primary N) is 1. The maximum absolute atomic E-state index is 13.3. The van der Waals surface area contributed by atoms with Crippen LogP contribution < -0.4 is 11.3 Å². The smallest absolute Gasteiger partial charge is 0.258 e. The predicted octanol–water partition coefficient (Wildman–Crippen LogP) is 3.06. The summed E-state index contributed by atoms with van der Waals surface area (Å²) >= 11 is 0. The van der Waals surface area contributed by atoms with E-state index in [1.54, 1.807) is 0 Å². The lowest BCUT2D eigenvalue weighted by Gasteiger charge is -2.25. The third-order valence-electron chi connectivity index (χ3n) is 6.63. The molecule has 6 rings (SSSR count). The molecular formula is C23H21N3O3. The van der Waals surface area contributed by atoms with Gasteiger partial charge in [0.1, 0.15) is 6.61 Å². The van der Waals surface area contributed by atoms with Gasteiger partial charge in [0, 0.05) is 23.4 Å². The molecule has 5 heterocycles. The van der Waals surface area contributed by atoms with Crippen molar-refractivity contribution >= 4 is 10.9 Å². The molecule has 0 saturated carbocycles. The fourth-order valence-corrected chi connectivity index (χ4v) is 4.97. The number of allylic oxidation sites excluding steroid dienone is 1. The Morgan fingerprint density at radius 2 is 2.10 bits per heavy atom. The molecule has 0 bridgehead atoms. The zero-order valence-electron chi connectivity index (χ0n) is 16.2. The van der Waals surface area contributed by atoms with Gasteiger partial charge in [0.2, 0.25) is 0 Å². The Morgan fingerprint density at radius 1 is 1.24 bits per heavy atom. The topological polar surface area (TPSA) is 79.4 Å². The molecule has 0 amide bonds. The van der Waals surface area contributed by atoms with E-state index in [0.29, 0.717) is 32.1 Å². The van der Waals surface area contributed by atoms with Crippen LogP contribution in [0, 0.1) is 0 Å². The molecule has 0 radical (unpaired) electrons. The highest BCUT2D eigenvalue weighted by atomic mass is 16.5. The fraction of sp³-hybridized carbons (Fsp3) is 0.304. The van der Waals surface area contributed by atoms with Gasteiger partial charge in [-0.3, -0.25) is 4.79 Å². The maximum atomic E-state index is 13.3. The van der Waals surface area contributed by atoms with Crippen LogP contribution in [0.5, 0.6) is 0 Å². The number of ether oxygens (including phenoxy) is 2. The van der Waals surface area contributed by atoms with Gasteiger partial charge in [0.05, 0.1) is 48.0 Å². The van der Waals surface area contributed by atoms with Gasteiger partial charge in [-0.1, -0.05) is 19.6 Å². The summed E-state index contributed by atoms with van der Waals surface area (Å²) in [6.45, 7) is 8.39. The Kier molecular flexibility index (Phi) is 3.38. The molecule has 146 valence electrons. The number of benzene rings is 1. The SMILES string of the molecule is C=C1OCc2c(cc3n(c2=O)Cc2c-3nc3ccc4c(c3c2CN)COC4)C1C. The third-order valence-corrected chi connectivity index (χ3v) is 6.63. The van der Waals surface area contributed by atoms with Crippen LogP contribution in [0.2, 0.25) is 0 Å². The minimum Gasteiger partial charge on any atom is -0.493 e. The van der Waals surface area contributed by atoms with Crippen LogP contribution in [0.3, 0.4) is 0 Å². The molecule has 0 aliphatic carbocycles. The van der Waals surface area contributed by atoms with E-state index in [1.165, 1.54) is 11.1 Å². The number of fused-ring (bicyclic) bond motifs is 7. The highest BCUT2D eigenvalue weighted by Gasteiger charge is 2.32. The summed E-state index contributed by atoms with van der Waals surface area (Å²) in [5, 5.41) is 1.09. The van der Waals surface area contributed by atoms with Gasteiger partial charge in [-0.05, 0) is 34.4 Å². The fourth-order valence-electron chi connectivity index (χ4n) is 4.97. The second-order valence-corrected chi connectivity index (χ2v) is 8.04. The molecule has 3 aromatic rings. The maximum Gasteiger partial charge on any atom is 0.258 e. The summed E-state index contributed by atoms with van der Waals surface area (Å²) < 4.78 is 13.1. The number of pyridine rings is 2. The molecule has 0 spiro atoms. The second-order valence-electron chi connectivity index (χ2n) is 8.04. The summed E-state index contributed by atoms with van der Waals surface area (Å²) in [6, 6.07) is 6.22. The highest BCUT2D eigenvalue weighted by molar-refractivity contribution is 5.91. The first-order valence-corrected chi connectivity index (χ1v) is 9.91. The van der Waals surface area contributed by atoms with E-state index in [4.69, 9.17) is 20.2 Å². The van der Waals surface area contributed by atoms with Gasteiger partial charge in [-0.25, -0.2) is 4.98 Å². The van der Waals surface area contributed by atoms with Crippen molar-refractivity contribution in [3.8, 4) is 11.4 Å². The Labute approximate surface area is 167 Å². The minimum absolute atomic E-state index is 0.00422. The van der Waals surface area contributed by atoms with Gasteiger partial charge in [0.25, 0.3) is 5.56 Å². The van der Waals surface area contributed by atoms with Crippen molar-refractivity contribution in [3.63, 3.8) is 0 Å². The summed E-state index contributed by atoms with van der Waals surface area (Å²) in [6.07, 6.45) is 0. The quantitative estimate of drug-likeness (QED) is 0.543. The number of hydrogen-bond donors (Lipinski definition) is 1. The van der Waals surface area contributed by atoms with Crippen LogP contribution >= 0.6 is 0 Å². The van der Waals surface area contributed by atoms with E-state index in [-0.39, 0.29) is 18.1 Å². The molecule has 6 heteroatoms. The molecule has 2 N–H and O–H groups in total. The van der Waals surface area contributed by atoms with Crippen molar-refractivity contribution in [1.29, 1.82) is 0 Å². The molecule has 1 atom stereocenters. The van der Waals surface area contributed by atoms with Crippen LogP contribution in [-0.4, -0.2) is 9.55 Å². The summed E-state index contributed by atoms with van der Waals surface area (Å²) in [7, 11) is 0. The van der Waals surface area contributed by atoms with E-state index in [2.05, 4.69) is 18.7 Å². The lowest BCUT2D eigenvalue weighted by Crippen LogP contribution is -2.28. The van der Waals surface area contributed by atoms with Crippen molar-refractivity contribution < 1.29 is 9.47 Å². The standard InChI is InChI=1S/C23H21N3O3/c1-11-12(2)29-10-18-14(11)5-20-22-16(7-26(20)23(18)27)15(6-24)21-17-9-28-8-13(17)3-4-19(21)25-22/h3-5,11H,2,6-10,24H2,1H3. The van der Waals surface area contributed by atoms with Crippen LogP contribution in [0.25, 0.3) is 22.3 Å². The zero-order chi connectivity index (χ0) is 19.9. The Balaban J connectivity index is 1.66. The molecule has 2 aromatic heterocycles.